The van der Waals surface area contributed by atoms with E-state index in [0.29, 0.717) is 36.5 Å². The highest BCUT2D eigenvalue weighted by molar-refractivity contribution is 7.89. The molecule has 7 nitrogen and oxygen atoms in total. The van der Waals surface area contributed by atoms with E-state index >= 15 is 0 Å². The highest BCUT2D eigenvalue weighted by atomic mass is 35.5. The van der Waals surface area contributed by atoms with Gasteiger partial charge in [0.2, 0.25) is 21.8 Å². The average Bonchev–Trinajstić information content (AvgIpc) is 2.75. The number of benzene rings is 2. The van der Waals surface area contributed by atoms with Crippen LogP contribution in [0.5, 0.6) is 0 Å². The fraction of sp³-hybridized carbons (Fsp3) is 0.364. The van der Waals surface area contributed by atoms with Crippen LogP contribution in [-0.2, 0) is 26.2 Å². The Balaban J connectivity index is 1.84. The molecule has 1 saturated heterocycles. The summed E-state index contributed by atoms with van der Waals surface area (Å²) < 4.78 is 27.9. The number of likely N-dealkylation sites (tertiary alicyclic amines) is 1. The molecule has 0 spiro atoms. The van der Waals surface area contributed by atoms with Gasteiger partial charge in [-0.3, -0.25) is 9.59 Å². The topological polar surface area (TPSA) is 101 Å². The Morgan fingerprint density at radius 3 is 2.29 bits per heavy atom. The summed E-state index contributed by atoms with van der Waals surface area (Å²) >= 11 is 6.26. The SMILES string of the molecule is Cc1ccc(S(=O)(=O)N(CC(=O)N2CCC(C(N)=O)CC2)Cc2ccccc2Cl)cc1. The Morgan fingerprint density at radius 2 is 1.71 bits per heavy atom. The maximum absolute atomic E-state index is 13.4. The number of halogens is 1. The van der Waals surface area contributed by atoms with Crippen LogP contribution >= 0.6 is 11.6 Å². The number of carbonyl (C=O) groups excluding carboxylic acids is 2. The molecule has 3 rings (SSSR count). The molecule has 1 fully saturated rings. The number of nitrogens with zero attached hydrogens (tertiary/aromatic N) is 2. The Morgan fingerprint density at radius 1 is 1.10 bits per heavy atom. The molecule has 1 aliphatic rings. The second kappa shape index (κ2) is 9.80. The summed E-state index contributed by atoms with van der Waals surface area (Å²) in [5, 5.41) is 0.432. The van der Waals surface area contributed by atoms with Gasteiger partial charge in [0.25, 0.3) is 0 Å². The smallest absolute Gasteiger partial charge is 0.243 e. The zero-order valence-corrected chi connectivity index (χ0v) is 18.9. The molecule has 1 heterocycles. The minimum atomic E-state index is -3.94. The van der Waals surface area contributed by atoms with Crippen LogP contribution in [-0.4, -0.2) is 49.1 Å². The molecule has 1 aliphatic heterocycles. The maximum atomic E-state index is 13.4. The molecule has 166 valence electrons. The maximum Gasteiger partial charge on any atom is 0.243 e. The standard InChI is InChI=1S/C22H26ClN3O4S/c1-16-6-8-19(9-7-16)31(29,30)26(14-18-4-2-3-5-20(18)23)15-21(27)25-12-10-17(11-13-25)22(24)28/h2-9,17H,10-15H2,1H3,(H2,24,28). The number of piperidine rings is 1. The molecule has 2 aromatic carbocycles. The molecule has 31 heavy (non-hydrogen) atoms. The number of amides is 2. The first-order valence-corrected chi connectivity index (χ1v) is 11.9. The van der Waals surface area contributed by atoms with Crippen LogP contribution in [0.4, 0.5) is 0 Å². The van der Waals surface area contributed by atoms with E-state index < -0.39 is 10.0 Å². The van der Waals surface area contributed by atoms with Crippen LogP contribution in [0, 0.1) is 12.8 Å². The number of aryl methyl sites for hydroxylation is 1. The molecule has 0 bridgehead atoms. The lowest BCUT2D eigenvalue weighted by Crippen LogP contribution is -2.46. The Bertz CT molecular complexity index is 1050. The van der Waals surface area contributed by atoms with Crippen LogP contribution in [0.15, 0.2) is 53.4 Å². The number of primary amides is 1. The summed E-state index contributed by atoms with van der Waals surface area (Å²) in [5.41, 5.74) is 6.91. The van der Waals surface area contributed by atoms with E-state index in [1.807, 2.05) is 6.92 Å². The van der Waals surface area contributed by atoms with Gasteiger partial charge in [0, 0.05) is 30.6 Å². The quantitative estimate of drug-likeness (QED) is 0.681. The number of hydrogen-bond donors (Lipinski definition) is 1. The molecular weight excluding hydrogens is 438 g/mol. The second-order valence-corrected chi connectivity index (χ2v) is 10.1. The largest absolute Gasteiger partial charge is 0.369 e. The molecular formula is C22H26ClN3O4S. The Kier molecular flexibility index (Phi) is 7.35. The van der Waals surface area contributed by atoms with Crippen molar-refractivity contribution in [1.29, 1.82) is 0 Å². The fourth-order valence-electron chi connectivity index (χ4n) is 3.57. The lowest BCUT2D eigenvalue weighted by molar-refractivity contribution is -0.135. The van der Waals surface area contributed by atoms with Crippen molar-refractivity contribution < 1.29 is 18.0 Å². The van der Waals surface area contributed by atoms with Crippen molar-refractivity contribution in [1.82, 2.24) is 9.21 Å². The third-order valence-corrected chi connectivity index (χ3v) is 7.70. The van der Waals surface area contributed by atoms with E-state index in [0.717, 1.165) is 9.87 Å². The molecule has 2 aromatic rings. The van der Waals surface area contributed by atoms with Gasteiger partial charge in [-0.25, -0.2) is 8.42 Å². The van der Waals surface area contributed by atoms with Gasteiger partial charge in [-0.2, -0.15) is 4.31 Å². The molecule has 9 heteroatoms. The minimum absolute atomic E-state index is 0.0284. The van der Waals surface area contributed by atoms with E-state index in [1.54, 1.807) is 41.3 Å². The van der Waals surface area contributed by atoms with Gasteiger partial charge in [-0.15, -0.1) is 0 Å². The van der Waals surface area contributed by atoms with Crippen LogP contribution < -0.4 is 5.73 Å². The van der Waals surface area contributed by atoms with Gasteiger partial charge in [0.1, 0.15) is 0 Å². The summed E-state index contributed by atoms with van der Waals surface area (Å²) in [4.78, 5) is 26.0. The first kappa shape index (κ1) is 23.2. The number of sulfonamides is 1. The molecule has 0 radical (unpaired) electrons. The van der Waals surface area contributed by atoms with Crippen LogP contribution in [0.25, 0.3) is 0 Å². The summed E-state index contributed by atoms with van der Waals surface area (Å²) in [6.07, 6.45) is 0.965. The Hall–Kier alpha value is -2.42. The van der Waals surface area contributed by atoms with Crippen molar-refractivity contribution in [3.8, 4) is 0 Å². The minimum Gasteiger partial charge on any atom is -0.369 e. The van der Waals surface area contributed by atoms with Gasteiger partial charge in [0.05, 0.1) is 11.4 Å². The molecule has 0 unspecified atom stereocenters. The first-order chi connectivity index (χ1) is 14.7. The van der Waals surface area contributed by atoms with Crippen molar-refractivity contribution in [3.05, 3.63) is 64.7 Å². The molecule has 0 aromatic heterocycles. The molecule has 0 saturated carbocycles. The van der Waals surface area contributed by atoms with E-state index in [9.17, 15) is 18.0 Å². The zero-order chi connectivity index (χ0) is 22.6. The molecule has 0 atom stereocenters. The van der Waals surface area contributed by atoms with Gasteiger partial charge in [0.15, 0.2) is 0 Å². The van der Waals surface area contributed by atoms with E-state index in [4.69, 9.17) is 17.3 Å². The van der Waals surface area contributed by atoms with E-state index in [2.05, 4.69) is 0 Å². The second-order valence-electron chi connectivity index (χ2n) is 7.73. The zero-order valence-electron chi connectivity index (χ0n) is 17.3. The van der Waals surface area contributed by atoms with Crippen molar-refractivity contribution in [2.45, 2.75) is 31.2 Å². The van der Waals surface area contributed by atoms with Crippen molar-refractivity contribution >= 4 is 33.4 Å². The van der Waals surface area contributed by atoms with Gasteiger partial charge in [-0.05, 0) is 43.5 Å². The molecule has 2 amide bonds. The fourth-order valence-corrected chi connectivity index (χ4v) is 5.13. The number of hydrogen-bond acceptors (Lipinski definition) is 4. The van der Waals surface area contributed by atoms with Crippen LogP contribution in [0.1, 0.15) is 24.0 Å². The summed E-state index contributed by atoms with van der Waals surface area (Å²) in [7, 11) is -3.94. The summed E-state index contributed by atoms with van der Waals surface area (Å²) in [5.74, 6) is -0.931. The number of carbonyl (C=O) groups is 2. The molecule has 0 aliphatic carbocycles. The predicted octanol–water partition coefficient (Wildman–Crippen LogP) is 2.56. The third kappa shape index (κ3) is 5.64. The third-order valence-electron chi connectivity index (χ3n) is 5.52. The monoisotopic (exact) mass is 463 g/mol. The first-order valence-electron chi connectivity index (χ1n) is 10.1. The summed E-state index contributed by atoms with van der Waals surface area (Å²) in [6, 6.07) is 13.5. The highest BCUT2D eigenvalue weighted by Crippen LogP contribution is 2.24. The van der Waals surface area contributed by atoms with E-state index in [-0.39, 0.29) is 35.7 Å². The van der Waals surface area contributed by atoms with Crippen LogP contribution in [0.2, 0.25) is 5.02 Å². The Labute approximate surface area is 187 Å². The van der Waals surface area contributed by atoms with Gasteiger partial charge < -0.3 is 10.6 Å². The normalized spacial score (nSPS) is 15.3. The lowest BCUT2D eigenvalue weighted by Gasteiger charge is -2.32. The lowest BCUT2D eigenvalue weighted by atomic mass is 9.96. The average molecular weight is 464 g/mol. The highest BCUT2D eigenvalue weighted by Gasteiger charge is 2.31. The van der Waals surface area contributed by atoms with Crippen molar-refractivity contribution in [2.75, 3.05) is 19.6 Å². The summed E-state index contributed by atoms with van der Waals surface area (Å²) in [6.45, 7) is 2.27. The van der Waals surface area contributed by atoms with E-state index in [1.165, 1.54) is 12.1 Å². The van der Waals surface area contributed by atoms with Crippen LogP contribution in [0.3, 0.4) is 0 Å². The van der Waals surface area contributed by atoms with Gasteiger partial charge >= 0.3 is 0 Å². The number of nitrogens with two attached hydrogens (primary N) is 1. The van der Waals surface area contributed by atoms with Crippen molar-refractivity contribution in [3.63, 3.8) is 0 Å². The number of rotatable bonds is 7. The van der Waals surface area contributed by atoms with Gasteiger partial charge in [-0.1, -0.05) is 47.5 Å². The predicted molar refractivity (Wildman–Crippen MR) is 119 cm³/mol. The molecule has 2 N–H and O–H groups in total. The van der Waals surface area contributed by atoms with Crippen molar-refractivity contribution in [2.24, 2.45) is 11.7 Å².